The number of hydrogen-bond acceptors (Lipinski definition) is 4. The Morgan fingerprint density at radius 3 is 1.78 bits per heavy atom. The molecule has 0 fully saturated rings. The predicted octanol–water partition coefficient (Wildman–Crippen LogP) is 14.5. The van der Waals surface area contributed by atoms with E-state index in [1.165, 1.54) is 0 Å². The summed E-state index contributed by atoms with van der Waals surface area (Å²) in [4.78, 5) is 6.81. The first-order valence-corrected chi connectivity index (χ1v) is 18.5. The van der Waals surface area contributed by atoms with Crippen LogP contribution in [0, 0.1) is 0 Å². The molecule has 11 rings (SSSR count). The summed E-state index contributed by atoms with van der Waals surface area (Å²) in [5.74, 6) is 0. The van der Waals surface area contributed by atoms with E-state index in [0.717, 1.165) is 105 Å². The van der Waals surface area contributed by atoms with Gasteiger partial charge in [0, 0.05) is 50.7 Å². The van der Waals surface area contributed by atoms with Gasteiger partial charge in [-0.15, -0.1) is 0 Å². The van der Waals surface area contributed by atoms with Gasteiger partial charge in [-0.25, -0.2) is 0 Å². The van der Waals surface area contributed by atoms with E-state index >= 15 is 0 Å². The molecule has 0 amide bonds. The molecule has 4 nitrogen and oxygen atoms in total. The van der Waals surface area contributed by atoms with Gasteiger partial charge >= 0.3 is 0 Å². The minimum absolute atomic E-state index is 0.802. The Kier molecular flexibility index (Phi) is 7.14. The average molecular weight is 705 g/mol. The lowest BCUT2D eigenvalue weighted by atomic mass is 9.94. The summed E-state index contributed by atoms with van der Waals surface area (Å²) in [7, 11) is 0. The maximum atomic E-state index is 7.10. The summed E-state index contributed by atoms with van der Waals surface area (Å²) in [6.07, 6.45) is 3.76. The molecule has 258 valence electrons. The van der Waals surface area contributed by atoms with Gasteiger partial charge in [0.2, 0.25) is 0 Å². The molecule has 0 saturated heterocycles. The van der Waals surface area contributed by atoms with Gasteiger partial charge < -0.3 is 13.7 Å². The minimum atomic E-state index is 0.802. The summed E-state index contributed by atoms with van der Waals surface area (Å²) < 4.78 is 13.5. The van der Waals surface area contributed by atoms with Gasteiger partial charge in [-0.05, 0) is 99.4 Å². The Morgan fingerprint density at radius 2 is 1.04 bits per heavy atom. The topological polar surface area (TPSA) is 42.4 Å². The van der Waals surface area contributed by atoms with Crippen molar-refractivity contribution in [2.24, 2.45) is 0 Å². The fourth-order valence-electron chi connectivity index (χ4n) is 8.18. The molecule has 0 bridgehead atoms. The lowest BCUT2D eigenvalue weighted by Crippen LogP contribution is -2.10. The van der Waals surface area contributed by atoms with Crippen LogP contribution in [-0.4, -0.2) is 4.98 Å². The second kappa shape index (κ2) is 12.6. The molecule has 0 atom stereocenters. The summed E-state index contributed by atoms with van der Waals surface area (Å²) >= 11 is 0. The highest BCUT2D eigenvalue weighted by molar-refractivity contribution is 6.23. The third kappa shape index (κ3) is 5.19. The normalized spacial score (nSPS) is 11.6. The van der Waals surface area contributed by atoms with Crippen LogP contribution in [0.3, 0.4) is 0 Å². The van der Waals surface area contributed by atoms with Crippen molar-refractivity contribution in [3.63, 3.8) is 0 Å². The largest absolute Gasteiger partial charge is 0.456 e. The van der Waals surface area contributed by atoms with Crippen LogP contribution < -0.4 is 4.90 Å². The molecule has 11 aromatic rings. The molecule has 0 saturated carbocycles. The second-order valence-corrected chi connectivity index (χ2v) is 14.0. The monoisotopic (exact) mass is 704 g/mol. The van der Waals surface area contributed by atoms with Crippen molar-refractivity contribution in [1.82, 2.24) is 4.98 Å². The lowest BCUT2D eigenvalue weighted by Gasteiger charge is -2.27. The number of pyridine rings is 1. The lowest BCUT2D eigenvalue weighted by molar-refractivity contribution is 0.668. The van der Waals surface area contributed by atoms with Crippen LogP contribution in [0.1, 0.15) is 0 Å². The molecule has 0 N–H and O–H groups in total. The van der Waals surface area contributed by atoms with E-state index in [-0.39, 0.29) is 0 Å². The third-order valence-electron chi connectivity index (χ3n) is 10.7. The van der Waals surface area contributed by atoms with Crippen molar-refractivity contribution < 1.29 is 8.83 Å². The quantitative estimate of drug-likeness (QED) is 0.173. The number of furan rings is 2. The molecule has 4 heteroatoms. The molecule has 3 aromatic heterocycles. The van der Waals surface area contributed by atoms with E-state index in [4.69, 9.17) is 8.83 Å². The summed E-state index contributed by atoms with van der Waals surface area (Å²) in [5.41, 5.74) is 13.1. The number of anilines is 3. The summed E-state index contributed by atoms with van der Waals surface area (Å²) in [5, 5.41) is 6.39. The van der Waals surface area contributed by atoms with Crippen molar-refractivity contribution in [1.29, 1.82) is 0 Å². The fraction of sp³-hybridized carbons (Fsp3) is 0. The fourth-order valence-corrected chi connectivity index (χ4v) is 8.18. The number of para-hydroxylation sites is 1. The first-order valence-electron chi connectivity index (χ1n) is 18.5. The van der Waals surface area contributed by atoms with Crippen LogP contribution in [0.5, 0.6) is 0 Å². The highest BCUT2D eigenvalue weighted by Crippen LogP contribution is 2.49. The zero-order chi connectivity index (χ0) is 36.3. The summed E-state index contributed by atoms with van der Waals surface area (Å²) in [6, 6.07) is 64.1. The highest BCUT2D eigenvalue weighted by Gasteiger charge is 2.24. The standard InChI is InChI=1S/C51H32N2O2/c1-3-12-33(13-4-1)35-16-9-18-39(28-35)53(40-19-10-17-36(29-40)34-14-5-2-6-15-34)45-25-24-42(41-21-11-23-47-49(41)43-20-7-8-22-46(43)54-47)50-44-30-38-32-52-27-26-37(38)31-48(44)55-51(45)50/h1-32H. The van der Waals surface area contributed by atoms with Gasteiger partial charge in [-0.3, -0.25) is 4.98 Å². The van der Waals surface area contributed by atoms with Gasteiger partial charge in [0.05, 0.1) is 5.69 Å². The molecule has 0 spiro atoms. The van der Waals surface area contributed by atoms with E-state index < -0.39 is 0 Å². The SMILES string of the molecule is c1ccc(-c2cccc(N(c3cccc(-c4ccccc4)c3)c3ccc(-c4cccc5oc6ccccc6c45)c4c3oc3cc5ccncc5cc34)c2)cc1. The molecule has 3 heterocycles. The van der Waals surface area contributed by atoms with Gasteiger partial charge in [-0.1, -0.05) is 121 Å². The average Bonchev–Trinajstić information content (AvgIpc) is 3.83. The van der Waals surface area contributed by atoms with Crippen molar-refractivity contribution in [3.8, 4) is 33.4 Å². The van der Waals surface area contributed by atoms with Crippen LogP contribution in [0.4, 0.5) is 17.1 Å². The van der Waals surface area contributed by atoms with Gasteiger partial charge in [0.1, 0.15) is 16.7 Å². The number of benzene rings is 8. The van der Waals surface area contributed by atoms with Gasteiger partial charge in [0.25, 0.3) is 0 Å². The zero-order valence-corrected chi connectivity index (χ0v) is 29.7. The Labute approximate surface area is 317 Å². The molecular weight excluding hydrogens is 673 g/mol. The molecule has 0 unspecified atom stereocenters. The molecule has 0 aliphatic carbocycles. The highest BCUT2D eigenvalue weighted by atomic mass is 16.3. The zero-order valence-electron chi connectivity index (χ0n) is 29.7. The van der Waals surface area contributed by atoms with E-state index in [2.05, 4.69) is 174 Å². The molecule has 0 aliphatic heterocycles. The van der Waals surface area contributed by atoms with Crippen molar-refractivity contribution in [3.05, 3.63) is 194 Å². The summed E-state index contributed by atoms with van der Waals surface area (Å²) in [6.45, 7) is 0. The van der Waals surface area contributed by atoms with E-state index in [0.29, 0.717) is 0 Å². The predicted molar refractivity (Wildman–Crippen MR) is 227 cm³/mol. The maximum absolute atomic E-state index is 7.10. The van der Waals surface area contributed by atoms with Crippen LogP contribution in [0.15, 0.2) is 203 Å². The number of nitrogens with zero attached hydrogens (tertiary/aromatic N) is 2. The van der Waals surface area contributed by atoms with Crippen LogP contribution >= 0.6 is 0 Å². The Hall–Kier alpha value is -7.43. The minimum Gasteiger partial charge on any atom is -0.456 e. The smallest absolute Gasteiger partial charge is 0.160 e. The van der Waals surface area contributed by atoms with E-state index in [9.17, 15) is 0 Å². The number of fused-ring (bicyclic) bond motifs is 7. The van der Waals surface area contributed by atoms with Crippen molar-refractivity contribution in [2.75, 3.05) is 4.90 Å². The number of hydrogen-bond donors (Lipinski definition) is 0. The molecule has 0 radical (unpaired) electrons. The van der Waals surface area contributed by atoms with E-state index in [1.54, 1.807) is 0 Å². The van der Waals surface area contributed by atoms with Crippen molar-refractivity contribution in [2.45, 2.75) is 0 Å². The van der Waals surface area contributed by atoms with Gasteiger partial charge in [0.15, 0.2) is 5.58 Å². The second-order valence-electron chi connectivity index (χ2n) is 14.0. The van der Waals surface area contributed by atoms with Crippen LogP contribution in [-0.2, 0) is 0 Å². The molecular formula is C51H32N2O2. The van der Waals surface area contributed by atoms with Crippen LogP contribution in [0.25, 0.3) is 88.0 Å². The number of rotatable bonds is 6. The Bertz CT molecular complexity index is 3130. The van der Waals surface area contributed by atoms with E-state index in [1.807, 2.05) is 30.6 Å². The Balaban J connectivity index is 1.23. The first kappa shape index (κ1) is 31.1. The van der Waals surface area contributed by atoms with Crippen LogP contribution in [0.2, 0.25) is 0 Å². The molecule has 0 aliphatic rings. The van der Waals surface area contributed by atoms with Crippen molar-refractivity contribution >= 4 is 71.7 Å². The Morgan fingerprint density at radius 1 is 0.400 bits per heavy atom. The maximum Gasteiger partial charge on any atom is 0.160 e. The molecule has 55 heavy (non-hydrogen) atoms. The number of aromatic nitrogens is 1. The third-order valence-corrected chi connectivity index (χ3v) is 10.7. The molecule has 8 aromatic carbocycles. The first-order chi connectivity index (χ1) is 27.3. The van der Waals surface area contributed by atoms with Gasteiger partial charge in [-0.2, -0.15) is 0 Å².